The Morgan fingerprint density at radius 2 is 1.78 bits per heavy atom. The summed E-state index contributed by atoms with van der Waals surface area (Å²) in [5.74, 6) is 3.00. The lowest BCUT2D eigenvalue weighted by Crippen LogP contribution is -2.41. The predicted octanol–water partition coefficient (Wildman–Crippen LogP) is 4.76. The molecule has 0 aromatic rings. The molecule has 1 nitrogen and oxygen atoms in total. The molecule has 0 aromatic heterocycles. The second kappa shape index (κ2) is 7.53. The van der Waals surface area contributed by atoms with Gasteiger partial charge in [0, 0.05) is 6.04 Å². The molecule has 0 aliphatic heterocycles. The first-order valence-electron chi connectivity index (χ1n) is 8.53. The smallest absolute Gasteiger partial charge is 0.00956 e. The fourth-order valence-corrected chi connectivity index (χ4v) is 4.21. The van der Waals surface area contributed by atoms with Gasteiger partial charge in [-0.2, -0.15) is 0 Å². The number of hydrogen-bond acceptors (Lipinski definition) is 1. The minimum absolute atomic E-state index is 0.836. The highest BCUT2D eigenvalue weighted by molar-refractivity contribution is 4.85. The van der Waals surface area contributed by atoms with Gasteiger partial charge >= 0.3 is 0 Å². The fourth-order valence-electron chi connectivity index (χ4n) is 4.21. The maximum Gasteiger partial charge on any atom is 0.00956 e. The summed E-state index contributed by atoms with van der Waals surface area (Å²) in [4.78, 5) is 0. The molecule has 1 N–H and O–H groups in total. The maximum absolute atomic E-state index is 3.83. The molecule has 2 fully saturated rings. The SMILES string of the molecule is CCCNC1CCC(C)CC1CC1CCCCC1. The van der Waals surface area contributed by atoms with Gasteiger partial charge in [-0.1, -0.05) is 46.0 Å². The highest BCUT2D eigenvalue weighted by atomic mass is 14.9. The van der Waals surface area contributed by atoms with Crippen LogP contribution in [-0.2, 0) is 0 Å². The van der Waals surface area contributed by atoms with Crippen molar-refractivity contribution < 1.29 is 0 Å². The molecule has 106 valence electrons. The van der Waals surface area contributed by atoms with Gasteiger partial charge in [-0.25, -0.2) is 0 Å². The third kappa shape index (κ3) is 4.26. The van der Waals surface area contributed by atoms with Gasteiger partial charge in [-0.05, 0) is 56.4 Å². The molecule has 0 heterocycles. The van der Waals surface area contributed by atoms with Gasteiger partial charge < -0.3 is 5.32 Å². The largest absolute Gasteiger partial charge is 0.314 e. The van der Waals surface area contributed by atoms with Crippen LogP contribution in [-0.4, -0.2) is 12.6 Å². The molecule has 2 aliphatic carbocycles. The van der Waals surface area contributed by atoms with Crippen LogP contribution >= 0.6 is 0 Å². The van der Waals surface area contributed by atoms with E-state index in [0.717, 1.165) is 23.8 Å². The highest BCUT2D eigenvalue weighted by Gasteiger charge is 2.30. The monoisotopic (exact) mass is 251 g/mol. The molecule has 18 heavy (non-hydrogen) atoms. The Bertz CT molecular complexity index is 218. The van der Waals surface area contributed by atoms with E-state index in [9.17, 15) is 0 Å². The van der Waals surface area contributed by atoms with Gasteiger partial charge in [0.15, 0.2) is 0 Å². The van der Waals surface area contributed by atoms with E-state index >= 15 is 0 Å². The van der Waals surface area contributed by atoms with Crippen LogP contribution in [0.1, 0.15) is 78.1 Å². The second-order valence-electron chi connectivity index (χ2n) is 6.98. The van der Waals surface area contributed by atoms with E-state index in [2.05, 4.69) is 19.2 Å². The van der Waals surface area contributed by atoms with Gasteiger partial charge in [0.25, 0.3) is 0 Å². The molecule has 2 rings (SSSR count). The normalized spacial score (nSPS) is 34.7. The van der Waals surface area contributed by atoms with Crippen LogP contribution in [0.25, 0.3) is 0 Å². The molecular weight excluding hydrogens is 218 g/mol. The number of rotatable bonds is 5. The van der Waals surface area contributed by atoms with Gasteiger partial charge in [-0.3, -0.25) is 0 Å². The molecule has 0 bridgehead atoms. The van der Waals surface area contributed by atoms with E-state index in [4.69, 9.17) is 0 Å². The lowest BCUT2D eigenvalue weighted by Gasteiger charge is -2.38. The summed E-state index contributed by atoms with van der Waals surface area (Å²) in [5.41, 5.74) is 0. The van der Waals surface area contributed by atoms with Crippen molar-refractivity contribution in [2.24, 2.45) is 17.8 Å². The van der Waals surface area contributed by atoms with Gasteiger partial charge in [0.05, 0.1) is 0 Å². The average molecular weight is 251 g/mol. The molecule has 0 saturated heterocycles. The van der Waals surface area contributed by atoms with Crippen molar-refractivity contribution in [3.8, 4) is 0 Å². The molecule has 2 saturated carbocycles. The molecule has 1 heteroatoms. The molecule has 0 radical (unpaired) electrons. The topological polar surface area (TPSA) is 12.0 Å². The molecule has 3 unspecified atom stereocenters. The van der Waals surface area contributed by atoms with Crippen molar-refractivity contribution in [1.82, 2.24) is 5.32 Å². The third-order valence-corrected chi connectivity index (χ3v) is 5.26. The van der Waals surface area contributed by atoms with E-state index < -0.39 is 0 Å². The fraction of sp³-hybridized carbons (Fsp3) is 1.00. The summed E-state index contributed by atoms with van der Waals surface area (Å²) >= 11 is 0. The molecular formula is C17H33N. The van der Waals surface area contributed by atoms with Crippen LogP contribution in [0.15, 0.2) is 0 Å². The van der Waals surface area contributed by atoms with Crippen LogP contribution in [0, 0.1) is 17.8 Å². The van der Waals surface area contributed by atoms with Crippen molar-refractivity contribution in [1.29, 1.82) is 0 Å². The summed E-state index contributed by atoms with van der Waals surface area (Å²) < 4.78 is 0. The zero-order chi connectivity index (χ0) is 12.8. The molecule has 0 spiro atoms. The van der Waals surface area contributed by atoms with Crippen molar-refractivity contribution >= 4 is 0 Å². The lowest BCUT2D eigenvalue weighted by molar-refractivity contribution is 0.166. The third-order valence-electron chi connectivity index (χ3n) is 5.26. The lowest BCUT2D eigenvalue weighted by atomic mass is 9.72. The minimum Gasteiger partial charge on any atom is -0.314 e. The summed E-state index contributed by atoms with van der Waals surface area (Å²) in [6.07, 6.45) is 14.7. The van der Waals surface area contributed by atoms with Crippen LogP contribution in [0.4, 0.5) is 0 Å². The average Bonchev–Trinajstić information content (AvgIpc) is 2.39. The van der Waals surface area contributed by atoms with E-state index in [0.29, 0.717) is 0 Å². The molecule has 0 amide bonds. The van der Waals surface area contributed by atoms with E-state index in [-0.39, 0.29) is 0 Å². The second-order valence-corrected chi connectivity index (χ2v) is 6.98. The van der Waals surface area contributed by atoms with Crippen molar-refractivity contribution in [3.05, 3.63) is 0 Å². The molecule has 0 aromatic carbocycles. The van der Waals surface area contributed by atoms with Crippen molar-refractivity contribution in [2.45, 2.75) is 84.1 Å². The van der Waals surface area contributed by atoms with Gasteiger partial charge in [0.2, 0.25) is 0 Å². The Labute approximate surface area is 114 Å². The van der Waals surface area contributed by atoms with Crippen molar-refractivity contribution in [2.75, 3.05) is 6.54 Å². The van der Waals surface area contributed by atoms with Gasteiger partial charge in [-0.15, -0.1) is 0 Å². The van der Waals surface area contributed by atoms with Crippen molar-refractivity contribution in [3.63, 3.8) is 0 Å². The quantitative estimate of drug-likeness (QED) is 0.743. The standard InChI is InChI=1S/C17H33N/c1-3-11-18-17-10-9-14(2)12-16(17)13-15-7-5-4-6-8-15/h14-18H,3-13H2,1-2H3. The summed E-state index contributed by atoms with van der Waals surface area (Å²) in [6.45, 7) is 5.97. The van der Waals surface area contributed by atoms with Crippen LogP contribution in [0.5, 0.6) is 0 Å². The Hall–Kier alpha value is -0.0400. The maximum atomic E-state index is 3.83. The van der Waals surface area contributed by atoms with E-state index in [1.807, 2.05) is 0 Å². The Morgan fingerprint density at radius 3 is 2.50 bits per heavy atom. The van der Waals surface area contributed by atoms with Crippen LogP contribution in [0.3, 0.4) is 0 Å². The Morgan fingerprint density at radius 1 is 1.00 bits per heavy atom. The summed E-state index contributed by atoms with van der Waals surface area (Å²) in [5, 5.41) is 3.83. The van der Waals surface area contributed by atoms with Gasteiger partial charge in [0.1, 0.15) is 0 Å². The van der Waals surface area contributed by atoms with Crippen LogP contribution in [0.2, 0.25) is 0 Å². The zero-order valence-electron chi connectivity index (χ0n) is 12.6. The first kappa shape index (κ1) is 14.4. The Kier molecular flexibility index (Phi) is 6.01. The highest BCUT2D eigenvalue weighted by Crippen LogP contribution is 2.37. The van der Waals surface area contributed by atoms with E-state index in [1.165, 1.54) is 70.8 Å². The number of hydrogen-bond donors (Lipinski definition) is 1. The summed E-state index contributed by atoms with van der Waals surface area (Å²) in [7, 11) is 0. The van der Waals surface area contributed by atoms with Crippen LogP contribution < -0.4 is 5.32 Å². The summed E-state index contributed by atoms with van der Waals surface area (Å²) in [6, 6.07) is 0.836. The number of nitrogens with one attached hydrogen (secondary N) is 1. The zero-order valence-corrected chi connectivity index (χ0v) is 12.6. The first-order chi connectivity index (χ1) is 8.79. The predicted molar refractivity (Wildman–Crippen MR) is 79.8 cm³/mol. The minimum atomic E-state index is 0.836. The first-order valence-corrected chi connectivity index (χ1v) is 8.53. The molecule has 3 atom stereocenters. The van der Waals surface area contributed by atoms with E-state index in [1.54, 1.807) is 0 Å². The Balaban J connectivity index is 1.83. The molecule has 2 aliphatic rings.